The third kappa shape index (κ3) is 9.82. The molecule has 394 valence electrons. The fourth-order valence-corrected chi connectivity index (χ4v) is 11.7. The molecule has 4 nitrogen and oxygen atoms in total. The Morgan fingerprint density at radius 2 is 0.750 bits per heavy atom. The van der Waals surface area contributed by atoms with E-state index in [4.69, 9.17) is 9.40 Å². The van der Waals surface area contributed by atoms with E-state index in [2.05, 4.69) is 259 Å². The summed E-state index contributed by atoms with van der Waals surface area (Å²) in [5.74, 6) is 0. The number of rotatable bonds is 11. The molecule has 0 unspecified atom stereocenters. The van der Waals surface area contributed by atoms with E-state index in [1.165, 1.54) is 0 Å². The van der Waals surface area contributed by atoms with Crippen LogP contribution in [0.15, 0.2) is 296 Å². The van der Waals surface area contributed by atoms with Gasteiger partial charge < -0.3 is 14.4 Å². The number of nitrogens with zero attached hydrogens (tertiary/aromatic N) is 3. The van der Waals surface area contributed by atoms with Gasteiger partial charge in [-0.3, -0.25) is 4.98 Å². The number of hydrogen-bond acceptors (Lipinski definition) is 4. The van der Waals surface area contributed by atoms with E-state index in [0.29, 0.717) is 0 Å². The molecule has 4 aromatic heterocycles. The minimum Gasteiger partial charge on any atom is -0.456 e. The van der Waals surface area contributed by atoms with Crippen molar-refractivity contribution in [2.45, 2.75) is 0 Å². The number of pyridine rings is 3. The molecule has 0 spiro atoms. The van der Waals surface area contributed by atoms with Gasteiger partial charge in [0.25, 0.3) is 0 Å². The summed E-state index contributed by atoms with van der Waals surface area (Å²) in [5.41, 5.74) is 25.3. The second-order valence-corrected chi connectivity index (χ2v) is 20.8. The van der Waals surface area contributed by atoms with Crippen LogP contribution < -0.4 is 0 Å². The molecule has 0 saturated heterocycles. The zero-order valence-electron chi connectivity index (χ0n) is 45.3. The zero-order valence-corrected chi connectivity index (χ0v) is 47.7. The second-order valence-electron chi connectivity index (χ2n) is 20.8. The molecule has 15 rings (SSSR count). The van der Waals surface area contributed by atoms with Gasteiger partial charge in [-0.1, -0.05) is 215 Å². The molecule has 0 amide bonds. The van der Waals surface area contributed by atoms with Crippen molar-refractivity contribution in [2.24, 2.45) is 0 Å². The predicted molar refractivity (Wildman–Crippen MR) is 341 cm³/mol. The Kier molecular flexibility index (Phi) is 13.8. The predicted octanol–water partition coefficient (Wildman–Crippen LogP) is 20.7. The van der Waals surface area contributed by atoms with E-state index in [1.807, 2.05) is 60.9 Å². The normalized spacial score (nSPS) is 11.2. The summed E-state index contributed by atoms with van der Waals surface area (Å²) in [7, 11) is 0. The Morgan fingerprint density at radius 1 is 0.262 bits per heavy atom. The van der Waals surface area contributed by atoms with Gasteiger partial charge in [-0.15, -0.1) is 83.4 Å². The van der Waals surface area contributed by atoms with Crippen LogP contribution in [0.4, 0.5) is 0 Å². The number of para-hydroxylation sites is 2. The van der Waals surface area contributed by atoms with Crippen molar-refractivity contribution < 1.29 is 24.5 Å². The third-order valence-corrected chi connectivity index (χ3v) is 15.8. The summed E-state index contributed by atoms with van der Waals surface area (Å²) >= 11 is 0. The molecule has 84 heavy (non-hydrogen) atoms. The molecule has 0 N–H and O–H groups in total. The van der Waals surface area contributed by atoms with Crippen LogP contribution in [-0.4, -0.2) is 15.0 Å². The molecule has 0 aliphatic rings. The van der Waals surface area contributed by atoms with Crippen LogP contribution >= 0.6 is 0 Å². The van der Waals surface area contributed by atoms with Crippen molar-refractivity contribution in [3.63, 3.8) is 0 Å². The summed E-state index contributed by atoms with van der Waals surface area (Å²) < 4.78 is 6.60. The minimum atomic E-state index is 0. The van der Waals surface area contributed by atoms with Crippen LogP contribution in [-0.2, 0) is 20.1 Å². The molecule has 0 bridgehead atoms. The maximum absolute atomic E-state index is 6.60. The molecule has 0 fully saturated rings. The fourth-order valence-electron chi connectivity index (χ4n) is 11.7. The maximum Gasteiger partial charge on any atom is 3.00 e. The molecule has 0 aliphatic carbocycles. The van der Waals surface area contributed by atoms with Gasteiger partial charge in [0, 0.05) is 28.6 Å². The largest absolute Gasteiger partial charge is 3.00 e. The first-order chi connectivity index (χ1) is 41.1. The van der Waals surface area contributed by atoms with E-state index in [1.54, 1.807) is 0 Å². The monoisotopic (exact) mass is 1250 g/mol. The van der Waals surface area contributed by atoms with E-state index < -0.39 is 0 Å². The van der Waals surface area contributed by atoms with Crippen molar-refractivity contribution in [3.8, 4) is 123 Å². The summed E-state index contributed by atoms with van der Waals surface area (Å²) in [4.78, 5) is 14.5. The molecule has 0 radical (unpaired) electrons. The molecule has 15 aromatic rings. The van der Waals surface area contributed by atoms with Crippen molar-refractivity contribution in [2.75, 3.05) is 0 Å². The second kappa shape index (κ2) is 22.5. The summed E-state index contributed by atoms with van der Waals surface area (Å²) in [5, 5.41) is 3.27. The molecule has 11 aromatic carbocycles. The van der Waals surface area contributed by atoms with E-state index in [-0.39, 0.29) is 20.1 Å². The van der Waals surface area contributed by atoms with Gasteiger partial charge >= 0.3 is 20.1 Å². The fraction of sp³-hybridized carbons (Fsp3) is 0. The van der Waals surface area contributed by atoms with E-state index in [0.717, 1.165) is 156 Å². The van der Waals surface area contributed by atoms with Crippen LogP contribution in [0.5, 0.6) is 0 Å². The molecular weight excluding hydrogens is 1200 g/mol. The maximum atomic E-state index is 6.60. The smallest absolute Gasteiger partial charge is 0.456 e. The Morgan fingerprint density at radius 3 is 1.33 bits per heavy atom. The molecule has 5 heteroatoms. The van der Waals surface area contributed by atoms with Gasteiger partial charge in [-0.2, -0.15) is 0 Å². The zero-order chi connectivity index (χ0) is 55.1. The quantitative estimate of drug-likeness (QED) is 0.121. The molecule has 0 aliphatic heterocycles. The first kappa shape index (κ1) is 51.7. The van der Waals surface area contributed by atoms with Gasteiger partial charge in [-0.25, -0.2) is 0 Å². The van der Waals surface area contributed by atoms with E-state index >= 15 is 0 Å². The van der Waals surface area contributed by atoms with Crippen LogP contribution in [0.3, 0.4) is 0 Å². The topological polar surface area (TPSA) is 51.8 Å². The van der Waals surface area contributed by atoms with E-state index in [9.17, 15) is 0 Å². The molecule has 0 atom stereocenters. The average molecular weight is 1250 g/mol. The van der Waals surface area contributed by atoms with Gasteiger partial charge in [-0.05, 0) is 122 Å². The molecule has 4 heterocycles. The minimum absolute atomic E-state index is 0. The first-order valence-corrected chi connectivity index (χ1v) is 27.9. The van der Waals surface area contributed by atoms with Crippen LogP contribution in [0.25, 0.3) is 156 Å². The molecular formula is C79H48IrN3O. The standard InChI is InChI=1S/C79H48N3O.Ir/c1-2-18-52(19-3-1)73-51-77(82-76-30-12-10-26-69(73)76)58-41-42-68(72(49-58)57-40-43-71-70-27-11-13-31-78(70)83-79(71)50-57)67-25-9-8-24-66(67)61-47-59(64-22-6-4-20-62(64)53-32-36-55(37-33-53)74-28-14-16-44-80-74)46-60(48-61)65-23-7-5-21-63(65)54-34-38-56(39-35-54)75-29-15-17-45-81-75;/h1-36,38,40,42-51H;/q-3;+3. The Bertz CT molecular complexity index is 4740. The van der Waals surface area contributed by atoms with Crippen molar-refractivity contribution in [1.29, 1.82) is 0 Å². The Balaban J connectivity index is 0.00000627. The van der Waals surface area contributed by atoms with Crippen molar-refractivity contribution in [1.82, 2.24) is 15.0 Å². The number of hydrogen-bond donors (Lipinski definition) is 0. The number of benzene rings is 11. The van der Waals surface area contributed by atoms with Gasteiger partial charge in [0.1, 0.15) is 11.2 Å². The summed E-state index contributed by atoms with van der Waals surface area (Å²) in [6.07, 6.45) is 3.65. The van der Waals surface area contributed by atoms with Crippen LogP contribution in [0.1, 0.15) is 0 Å². The number of aromatic nitrogens is 3. The Labute approximate surface area is 501 Å². The van der Waals surface area contributed by atoms with Crippen LogP contribution in [0.2, 0.25) is 0 Å². The van der Waals surface area contributed by atoms with Crippen LogP contribution in [0, 0.1) is 18.2 Å². The van der Waals surface area contributed by atoms with Crippen molar-refractivity contribution >= 4 is 32.8 Å². The summed E-state index contributed by atoms with van der Waals surface area (Å²) in [6, 6.07) is 109. The Hall–Kier alpha value is -10.4. The number of furan rings is 1. The average Bonchev–Trinajstić information content (AvgIpc) is 4.14. The van der Waals surface area contributed by atoms with Crippen molar-refractivity contribution in [3.05, 3.63) is 310 Å². The summed E-state index contributed by atoms with van der Waals surface area (Å²) in [6.45, 7) is 0. The van der Waals surface area contributed by atoms with Gasteiger partial charge in [0.15, 0.2) is 0 Å². The van der Waals surface area contributed by atoms with Gasteiger partial charge in [0.2, 0.25) is 0 Å². The first-order valence-electron chi connectivity index (χ1n) is 27.9. The third-order valence-electron chi connectivity index (χ3n) is 15.8. The van der Waals surface area contributed by atoms with Gasteiger partial charge in [0.05, 0.1) is 5.52 Å². The SMILES string of the molecule is [Ir+3].[c-]1cc(-c2ccccc2-c2cc(-c3ccccc3-c3c[c-]c(-c4ccccn4)cc3)cc(-c3ccccc3-c3c[c-]c(-c4cc(-c5ccccc5)c5ccccc5n4)cc3-c3ccc4c(c3)oc3ccccc34)c2)ccc1-c1ccccn1. The molecule has 0 saturated carbocycles. The number of fused-ring (bicyclic) bond motifs is 4.